The highest BCUT2D eigenvalue weighted by Gasteiger charge is 2.19. The molecule has 0 aliphatic carbocycles. The molecule has 0 amide bonds. The number of thiazole rings is 1. The summed E-state index contributed by atoms with van der Waals surface area (Å²) in [6.07, 6.45) is 1.41. The Morgan fingerprint density at radius 1 is 1.13 bits per heavy atom. The zero-order valence-electron chi connectivity index (χ0n) is 16.9. The van der Waals surface area contributed by atoms with E-state index in [1.165, 1.54) is 17.4 Å². The van der Waals surface area contributed by atoms with Gasteiger partial charge in [-0.1, -0.05) is 42.5 Å². The van der Waals surface area contributed by atoms with Crippen molar-refractivity contribution in [2.75, 3.05) is 0 Å². The van der Waals surface area contributed by atoms with Crippen LogP contribution in [0.5, 0.6) is 0 Å². The third-order valence-corrected chi connectivity index (χ3v) is 6.38. The molecule has 6 heteroatoms. The van der Waals surface area contributed by atoms with E-state index in [9.17, 15) is 9.65 Å². The number of aryl methyl sites for hydroxylation is 1. The Kier molecular flexibility index (Phi) is 6.53. The third kappa shape index (κ3) is 4.73. The van der Waals surface area contributed by atoms with Crippen molar-refractivity contribution in [2.24, 2.45) is 0 Å². The van der Waals surface area contributed by atoms with Gasteiger partial charge in [-0.3, -0.25) is 4.98 Å². The Bertz CT molecular complexity index is 1250. The van der Waals surface area contributed by atoms with Crippen LogP contribution in [0.3, 0.4) is 0 Å². The molecule has 0 spiro atoms. The smallest absolute Gasteiger partial charge is 0.130 e. The summed E-state index contributed by atoms with van der Waals surface area (Å²) in [6, 6.07) is 21.1. The van der Waals surface area contributed by atoms with Crippen molar-refractivity contribution in [3.05, 3.63) is 105 Å². The van der Waals surface area contributed by atoms with Crippen molar-refractivity contribution in [1.29, 1.82) is 5.26 Å². The van der Waals surface area contributed by atoms with Crippen molar-refractivity contribution in [1.82, 2.24) is 4.98 Å². The molecule has 3 nitrogen and oxygen atoms in total. The molecule has 1 heterocycles. The molecule has 0 saturated heterocycles. The first-order valence-corrected chi connectivity index (χ1v) is 11.2. The molecule has 2 atom stereocenters. The van der Waals surface area contributed by atoms with Gasteiger partial charge in [0, 0.05) is 17.1 Å². The molecular formula is C25H20FN2OPS. The minimum Gasteiger partial charge on any atom is -0.363 e. The number of aromatic nitrogens is 1. The summed E-state index contributed by atoms with van der Waals surface area (Å²) in [5.74, 6) is -0.277. The maximum Gasteiger partial charge on any atom is 0.130 e. The van der Waals surface area contributed by atoms with Crippen LogP contribution in [0.2, 0.25) is 0 Å². The van der Waals surface area contributed by atoms with Crippen LogP contribution in [-0.2, 0) is 11.3 Å². The number of nitrogens with zero attached hydrogens (tertiary/aromatic N) is 2. The van der Waals surface area contributed by atoms with E-state index in [1.54, 1.807) is 17.8 Å². The lowest BCUT2D eigenvalue weighted by Gasteiger charge is -2.19. The van der Waals surface area contributed by atoms with Gasteiger partial charge in [0.1, 0.15) is 11.9 Å². The number of hydrogen-bond acceptors (Lipinski definition) is 4. The molecule has 0 fully saturated rings. The fourth-order valence-corrected chi connectivity index (χ4v) is 4.33. The van der Waals surface area contributed by atoms with Gasteiger partial charge in [-0.25, -0.2) is 4.39 Å². The molecule has 0 bridgehead atoms. The van der Waals surface area contributed by atoms with Gasteiger partial charge in [-0.2, -0.15) is 5.26 Å². The summed E-state index contributed by atoms with van der Waals surface area (Å²) in [5.41, 5.74) is 7.03. The van der Waals surface area contributed by atoms with Gasteiger partial charge in [0.25, 0.3) is 0 Å². The quantitative estimate of drug-likeness (QED) is 0.345. The van der Waals surface area contributed by atoms with Gasteiger partial charge >= 0.3 is 0 Å². The van der Waals surface area contributed by atoms with E-state index in [0.717, 1.165) is 32.7 Å². The first-order chi connectivity index (χ1) is 15.1. The van der Waals surface area contributed by atoms with Crippen LogP contribution in [-0.4, -0.2) is 4.98 Å². The van der Waals surface area contributed by atoms with E-state index in [1.807, 2.05) is 55.5 Å². The highest BCUT2D eigenvalue weighted by molar-refractivity contribution is 7.27. The van der Waals surface area contributed by atoms with Crippen molar-refractivity contribution in [3.63, 3.8) is 0 Å². The summed E-state index contributed by atoms with van der Waals surface area (Å²) in [5, 5.41) is 10.2. The van der Waals surface area contributed by atoms with Gasteiger partial charge in [0.15, 0.2) is 0 Å². The van der Waals surface area contributed by atoms with Crippen molar-refractivity contribution in [2.45, 2.75) is 19.6 Å². The fourth-order valence-electron chi connectivity index (χ4n) is 3.46. The predicted molar refractivity (Wildman–Crippen MR) is 126 cm³/mol. The van der Waals surface area contributed by atoms with Gasteiger partial charge in [-0.05, 0) is 47.4 Å². The molecule has 0 aliphatic rings. The van der Waals surface area contributed by atoms with Crippen LogP contribution < -0.4 is 5.30 Å². The lowest BCUT2D eigenvalue weighted by atomic mass is 9.93. The van der Waals surface area contributed by atoms with Crippen LogP contribution in [0.1, 0.15) is 33.2 Å². The Morgan fingerprint density at radius 2 is 1.97 bits per heavy atom. The van der Waals surface area contributed by atoms with E-state index >= 15 is 0 Å². The second-order valence-electron chi connectivity index (χ2n) is 7.18. The average Bonchev–Trinajstić information content (AvgIpc) is 3.31. The largest absolute Gasteiger partial charge is 0.363 e. The molecule has 31 heavy (non-hydrogen) atoms. The molecule has 1 aromatic heterocycles. The summed E-state index contributed by atoms with van der Waals surface area (Å²) in [6.45, 7) is 2.29. The molecule has 154 valence electrons. The SMILES string of the molecule is Cc1ccccc1-c1cc(C(OCc2ccc(P)c(F)c2)c2cncs2)ccc1C#N. The number of benzene rings is 3. The molecule has 4 rings (SSSR count). The molecule has 0 radical (unpaired) electrons. The lowest BCUT2D eigenvalue weighted by Crippen LogP contribution is -2.07. The molecule has 4 aromatic rings. The summed E-state index contributed by atoms with van der Waals surface area (Å²) in [7, 11) is 2.38. The van der Waals surface area contributed by atoms with E-state index in [2.05, 4.69) is 20.3 Å². The zero-order valence-corrected chi connectivity index (χ0v) is 18.9. The van der Waals surface area contributed by atoms with E-state index in [0.29, 0.717) is 10.9 Å². The third-order valence-electron chi connectivity index (χ3n) is 5.09. The van der Waals surface area contributed by atoms with Crippen molar-refractivity contribution >= 4 is 25.9 Å². The standard InChI is InChI=1S/C25H20FN2OPS/c1-16-4-2-3-5-20(16)21-11-18(7-8-19(21)12-27)25(24-13-28-15-31-24)29-14-17-6-9-23(30)22(26)10-17/h2-11,13,15,25H,14,30H2,1H3. The van der Waals surface area contributed by atoms with Gasteiger partial charge in [-0.15, -0.1) is 20.6 Å². The van der Waals surface area contributed by atoms with Crippen LogP contribution in [0.15, 0.2) is 72.4 Å². The normalized spacial score (nSPS) is 11.8. The highest BCUT2D eigenvalue weighted by Crippen LogP contribution is 2.34. The number of nitriles is 1. The fraction of sp³-hybridized carbons (Fsp3) is 0.120. The summed E-state index contributed by atoms with van der Waals surface area (Å²) >= 11 is 1.50. The molecule has 0 saturated carbocycles. The Balaban J connectivity index is 1.72. The van der Waals surface area contributed by atoms with E-state index < -0.39 is 0 Å². The summed E-state index contributed by atoms with van der Waals surface area (Å²) in [4.78, 5) is 5.15. The maximum atomic E-state index is 13.9. The average molecular weight is 446 g/mol. The Morgan fingerprint density at radius 3 is 2.68 bits per heavy atom. The number of rotatable bonds is 6. The molecule has 2 unspecified atom stereocenters. The minimum atomic E-state index is -0.373. The molecule has 3 aromatic carbocycles. The molecular weight excluding hydrogens is 426 g/mol. The molecule has 0 N–H and O–H groups in total. The Hall–Kier alpha value is -2.90. The van der Waals surface area contributed by atoms with Crippen LogP contribution in [0, 0.1) is 24.1 Å². The van der Waals surface area contributed by atoms with Crippen molar-refractivity contribution in [3.8, 4) is 17.2 Å². The number of ether oxygens (including phenoxy) is 1. The Labute approximate surface area is 187 Å². The second kappa shape index (κ2) is 9.49. The van der Waals surface area contributed by atoms with Gasteiger partial charge in [0.05, 0.1) is 28.6 Å². The van der Waals surface area contributed by atoms with Crippen LogP contribution >= 0.6 is 20.6 Å². The topological polar surface area (TPSA) is 45.9 Å². The number of hydrogen-bond donors (Lipinski definition) is 0. The lowest BCUT2D eigenvalue weighted by molar-refractivity contribution is 0.0688. The summed E-state index contributed by atoms with van der Waals surface area (Å²) < 4.78 is 20.2. The monoisotopic (exact) mass is 446 g/mol. The number of halogens is 1. The van der Waals surface area contributed by atoms with Gasteiger partial charge in [0.2, 0.25) is 0 Å². The zero-order chi connectivity index (χ0) is 21.8. The molecule has 0 aliphatic heterocycles. The first kappa shape index (κ1) is 21.3. The van der Waals surface area contributed by atoms with Crippen LogP contribution in [0.4, 0.5) is 4.39 Å². The maximum absolute atomic E-state index is 13.9. The van der Waals surface area contributed by atoms with E-state index in [-0.39, 0.29) is 18.5 Å². The minimum absolute atomic E-state index is 0.254. The first-order valence-electron chi connectivity index (χ1n) is 9.70. The van der Waals surface area contributed by atoms with E-state index in [4.69, 9.17) is 4.74 Å². The van der Waals surface area contributed by atoms with Gasteiger partial charge < -0.3 is 4.74 Å². The van der Waals surface area contributed by atoms with Crippen molar-refractivity contribution < 1.29 is 9.13 Å². The predicted octanol–water partition coefficient (Wildman–Crippen LogP) is 5.94. The second-order valence-corrected chi connectivity index (χ2v) is 8.72. The van der Waals surface area contributed by atoms with Crippen LogP contribution in [0.25, 0.3) is 11.1 Å². The highest BCUT2D eigenvalue weighted by atomic mass is 32.1.